The Morgan fingerprint density at radius 2 is 2.00 bits per heavy atom. The molecule has 0 spiro atoms. The summed E-state index contributed by atoms with van der Waals surface area (Å²) in [7, 11) is 4.50. The molecule has 2 aliphatic rings. The van der Waals surface area contributed by atoms with Crippen LogP contribution in [0.2, 0.25) is 0 Å². The van der Waals surface area contributed by atoms with Crippen LogP contribution in [-0.2, 0) is 0 Å². The maximum atomic E-state index is 2.53. The summed E-state index contributed by atoms with van der Waals surface area (Å²) in [6, 6.07) is 1.43. The van der Waals surface area contributed by atoms with Crippen molar-refractivity contribution in [3.8, 4) is 0 Å². The van der Waals surface area contributed by atoms with Crippen molar-refractivity contribution in [2.24, 2.45) is 0 Å². The van der Waals surface area contributed by atoms with Gasteiger partial charge in [-0.15, -0.1) is 0 Å². The van der Waals surface area contributed by atoms with Crippen LogP contribution < -0.4 is 0 Å². The number of piperidine rings is 1. The van der Waals surface area contributed by atoms with Crippen molar-refractivity contribution < 1.29 is 0 Å². The second-order valence-electron chi connectivity index (χ2n) is 4.40. The molecule has 0 aromatic rings. The Hall–Kier alpha value is -0.340. The Balaban J connectivity index is 2.01. The minimum Gasteiger partial charge on any atom is -0.302 e. The Bertz CT molecular complexity index is 200. The van der Waals surface area contributed by atoms with Gasteiger partial charge in [0.2, 0.25) is 0 Å². The molecule has 2 atom stereocenters. The molecule has 0 N–H and O–H groups in total. The lowest BCUT2D eigenvalue weighted by Crippen LogP contribution is -2.48. The largest absolute Gasteiger partial charge is 0.302 e. The first-order valence-electron chi connectivity index (χ1n) is 5.36. The predicted octanol–water partition coefficient (Wildman–Crippen LogP) is 1.34. The number of likely N-dealkylation sites (tertiary alicyclic amines) is 1. The predicted molar refractivity (Wildman–Crippen MR) is 55.8 cm³/mol. The molecule has 0 bridgehead atoms. The van der Waals surface area contributed by atoms with Crippen molar-refractivity contribution in [1.29, 1.82) is 0 Å². The zero-order chi connectivity index (χ0) is 9.26. The van der Waals surface area contributed by atoms with E-state index in [4.69, 9.17) is 0 Å². The molecule has 1 fully saturated rings. The fourth-order valence-corrected chi connectivity index (χ4v) is 2.59. The second-order valence-corrected chi connectivity index (χ2v) is 4.40. The van der Waals surface area contributed by atoms with E-state index < -0.39 is 0 Å². The van der Waals surface area contributed by atoms with Crippen LogP contribution in [-0.4, -0.2) is 49.1 Å². The topological polar surface area (TPSA) is 6.48 Å². The lowest BCUT2D eigenvalue weighted by Gasteiger charge is -2.38. The molecule has 0 saturated carbocycles. The molecule has 0 aromatic carbocycles. The van der Waals surface area contributed by atoms with E-state index in [1.807, 2.05) is 0 Å². The summed E-state index contributed by atoms with van der Waals surface area (Å²) in [6.07, 6.45) is 8.84. The molecule has 2 unspecified atom stereocenters. The van der Waals surface area contributed by atoms with Gasteiger partial charge in [0.05, 0.1) is 0 Å². The summed E-state index contributed by atoms with van der Waals surface area (Å²) in [4.78, 5) is 4.98. The van der Waals surface area contributed by atoms with Gasteiger partial charge in [0.1, 0.15) is 0 Å². The summed E-state index contributed by atoms with van der Waals surface area (Å²) < 4.78 is 0. The quantitative estimate of drug-likeness (QED) is 0.562. The number of hydrogen-bond donors (Lipinski definition) is 0. The van der Waals surface area contributed by atoms with Gasteiger partial charge in [-0.25, -0.2) is 0 Å². The first kappa shape index (κ1) is 9.22. The van der Waals surface area contributed by atoms with Crippen LogP contribution in [0.1, 0.15) is 19.3 Å². The summed E-state index contributed by atoms with van der Waals surface area (Å²) in [5.41, 5.74) is 0. The van der Waals surface area contributed by atoms with Gasteiger partial charge >= 0.3 is 0 Å². The van der Waals surface area contributed by atoms with Crippen molar-refractivity contribution in [2.45, 2.75) is 31.3 Å². The van der Waals surface area contributed by atoms with Gasteiger partial charge in [-0.2, -0.15) is 0 Å². The van der Waals surface area contributed by atoms with Crippen molar-refractivity contribution in [2.75, 3.05) is 27.2 Å². The average Bonchev–Trinajstić information content (AvgIpc) is 2.52. The molecular weight excluding hydrogens is 160 g/mol. The highest BCUT2D eigenvalue weighted by Crippen LogP contribution is 2.23. The Morgan fingerprint density at radius 1 is 1.15 bits per heavy atom. The third-order valence-electron chi connectivity index (χ3n) is 3.46. The molecule has 2 nitrogen and oxygen atoms in total. The molecule has 1 saturated heterocycles. The molecule has 2 rings (SSSR count). The van der Waals surface area contributed by atoms with E-state index in [-0.39, 0.29) is 0 Å². The van der Waals surface area contributed by atoms with Gasteiger partial charge in [-0.1, -0.05) is 18.6 Å². The number of likely N-dealkylation sites (N-methyl/N-ethyl adjacent to an activating group) is 2. The van der Waals surface area contributed by atoms with Gasteiger partial charge in [0.15, 0.2) is 0 Å². The number of rotatable bonds is 1. The van der Waals surface area contributed by atoms with E-state index in [2.05, 4.69) is 36.0 Å². The summed E-state index contributed by atoms with van der Waals surface area (Å²) in [5, 5.41) is 0. The highest BCUT2D eigenvalue weighted by molar-refractivity contribution is 5.08. The van der Waals surface area contributed by atoms with E-state index >= 15 is 0 Å². The standard InChI is InChI=1S/C11H20N2/c1-12-8-4-3-6-10(12)11-7-5-9-13(11)2/h5,7,10-11H,3-4,6,8-9H2,1-2H3. The van der Waals surface area contributed by atoms with Gasteiger partial charge in [0, 0.05) is 18.6 Å². The summed E-state index contributed by atoms with van der Waals surface area (Å²) in [5.74, 6) is 0. The molecule has 74 valence electrons. The van der Waals surface area contributed by atoms with E-state index in [1.165, 1.54) is 25.8 Å². The fraction of sp³-hybridized carbons (Fsp3) is 0.818. The van der Waals surface area contributed by atoms with Crippen molar-refractivity contribution >= 4 is 0 Å². The summed E-state index contributed by atoms with van der Waals surface area (Å²) in [6.45, 7) is 2.41. The third kappa shape index (κ3) is 1.79. The smallest absolute Gasteiger partial charge is 0.0434 e. The van der Waals surface area contributed by atoms with Crippen LogP contribution in [0.5, 0.6) is 0 Å². The zero-order valence-corrected chi connectivity index (χ0v) is 8.74. The van der Waals surface area contributed by atoms with Crippen LogP contribution in [0.25, 0.3) is 0 Å². The molecule has 13 heavy (non-hydrogen) atoms. The van der Waals surface area contributed by atoms with Gasteiger partial charge in [0.25, 0.3) is 0 Å². The van der Waals surface area contributed by atoms with Gasteiger partial charge in [-0.3, -0.25) is 4.90 Å². The minimum absolute atomic E-state index is 0.672. The Kier molecular flexibility index (Phi) is 2.70. The normalized spacial score (nSPS) is 37.1. The molecule has 0 aliphatic carbocycles. The van der Waals surface area contributed by atoms with Crippen molar-refractivity contribution in [3.63, 3.8) is 0 Å². The average molecular weight is 180 g/mol. The van der Waals surface area contributed by atoms with Gasteiger partial charge < -0.3 is 4.90 Å². The lowest BCUT2D eigenvalue weighted by molar-refractivity contribution is 0.119. The van der Waals surface area contributed by atoms with Crippen molar-refractivity contribution in [1.82, 2.24) is 9.80 Å². The Morgan fingerprint density at radius 3 is 2.62 bits per heavy atom. The second kappa shape index (κ2) is 3.81. The van der Waals surface area contributed by atoms with Crippen LogP contribution in [0, 0.1) is 0 Å². The lowest BCUT2D eigenvalue weighted by atomic mass is 9.96. The highest BCUT2D eigenvalue weighted by atomic mass is 15.2. The van der Waals surface area contributed by atoms with E-state index in [1.54, 1.807) is 0 Å². The van der Waals surface area contributed by atoms with Crippen LogP contribution in [0.4, 0.5) is 0 Å². The van der Waals surface area contributed by atoms with E-state index in [9.17, 15) is 0 Å². The monoisotopic (exact) mass is 180 g/mol. The minimum atomic E-state index is 0.672. The number of nitrogens with zero attached hydrogens (tertiary/aromatic N) is 2. The molecular formula is C11H20N2. The van der Waals surface area contributed by atoms with Crippen molar-refractivity contribution in [3.05, 3.63) is 12.2 Å². The molecule has 0 aromatic heterocycles. The SMILES string of the molecule is CN1CC=CC1C1CCCCN1C. The fourth-order valence-electron chi connectivity index (χ4n) is 2.59. The van der Waals surface area contributed by atoms with E-state index in [0.29, 0.717) is 6.04 Å². The summed E-state index contributed by atoms with van der Waals surface area (Å²) >= 11 is 0. The molecule has 2 heteroatoms. The van der Waals surface area contributed by atoms with Crippen LogP contribution in [0.3, 0.4) is 0 Å². The molecule has 2 heterocycles. The first-order valence-corrected chi connectivity index (χ1v) is 5.36. The number of hydrogen-bond acceptors (Lipinski definition) is 2. The Labute approximate surface area is 81.2 Å². The first-order chi connectivity index (χ1) is 6.29. The van der Waals surface area contributed by atoms with Crippen LogP contribution >= 0.6 is 0 Å². The van der Waals surface area contributed by atoms with Crippen LogP contribution in [0.15, 0.2) is 12.2 Å². The molecule has 0 amide bonds. The van der Waals surface area contributed by atoms with E-state index in [0.717, 1.165) is 12.6 Å². The molecule has 0 radical (unpaired) electrons. The third-order valence-corrected chi connectivity index (χ3v) is 3.46. The molecule has 2 aliphatic heterocycles. The van der Waals surface area contributed by atoms with Gasteiger partial charge in [-0.05, 0) is 33.5 Å². The maximum absolute atomic E-state index is 2.53. The maximum Gasteiger partial charge on any atom is 0.0434 e. The zero-order valence-electron chi connectivity index (χ0n) is 8.74. The highest BCUT2D eigenvalue weighted by Gasteiger charge is 2.29.